The first-order chi connectivity index (χ1) is 19.2. The highest BCUT2D eigenvalue weighted by molar-refractivity contribution is 6.32. The van der Waals surface area contributed by atoms with Crippen molar-refractivity contribution in [2.45, 2.75) is 25.9 Å². The lowest BCUT2D eigenvalue weighted by Gasteiger charge is -2.18. The normalized spacial score (nSPS) is 11.9. The van der Waals surface area contributed by atoms with E-state index < -0.39 is 22.2 Å². The van der Waals surface area contributed by atoms with Crippen LogP contribution >= 0.6 is 24.8 Å². The second kappa shape index (κ2) is 11.9. The van der Waals surface area contributed by atoms with Crippen molar-refractivity contribution in [2.75, 3.05) is 41.3 Å². The zero-order valence-corrected chi connectivity index (χ0v) is 25.6. The first-order valence-corrected chi connectivity index (χ1v) is 13.5. The Hall–Kier alpha value is -3.70. The number of nitrogens with one attached hydrogen (secondary N) is 2. The molecule has 2 N–H and O–H groups in total. The van der Waals surface area contributed by atoms with Crippen LogP contribution in [0.25, 0.3) is 54.4 Å². The van der Waals surface area contributed by atoms with Gasteiger partial charge in [-0.05, 0) is 78.4 Å². The van der Waals surface area contributed by atoms with E-state index in [9.17, 15) is 19.2 Å². The number of rotatable bonds is 8. The molecule has 42 heavy (non-hydrogen) atoms. The number of H-pyrrole nitrogens is 2. The number of halogens is 2. The van der Waals surface area contributed by atoms with Crippen LogP contribution in [0.3, 0.4) is 0 Å². The summed E-state index contributed by atoms with van der Waals surface area (Å²) >= 11 is 0. The van der Waals surface area contributed by atoms with Crippen LogP contribution in [0.4, 0.5) is 0 Å². The third kappa shape index (κ3) is 4.88. The molecular formula is C30H34Cl2N6O4. The van der Waals surface area contributed by atoms with Gasteiger partial charge in [0.05, 0.1) is 32.8 Å². The molecule has 0 unspecified atom stereocenters. The van der Waals surface area contributed by atoms with Gasteiger partial charge in [-0.1, -0.05) is 12.1 Å². The van der Waals surface area contributed by atoms with Gasteiger partial charge < -0.3 is 19.8 Å². The second-order valence-electron chi connectivity index (χ2n) is 11.0. The van der Waals surface area contributed by atoms with E-state index in [1.165, 1.54) is 9.13 Å². The van der Waals surface area contributed by atoms with Crippen LogP contribution in [0.2, 0.25) is 0 Å². The third-order valence-electron chi connectivity index (χ3n) is 7.74. The highest BCUT2D eigenvalue weighted by Gasteiger charge is 2.25. The molecule has 0 aliphatic rings. The van der Waals surface area contributed by atoms with Crippen molar-refractivity contribution >= 4 is 79.2 Å². The summed E-state index contributed by atoms with van der Waals surface area (Å²) in [6, 6.07) is 10.8. The SMILES string of the molecule is CN(C)CCCn1c(=O)c2ccc3c(=O)n(CCCN(C)C)c(=O)c4c5[nH]c6ccccc6[nH]c5c(c1=O)c2c34.Cl.Cl. The zero-order valence-electron chi connectivity index (χ0n) is 23.9. The molecule has 6 rings (SSSR count). The Balaban J connectivity index is 0.00000202. The molecule has 0 saturated carbocycles. The molecule has 0 bridgehead atoms. The van der Waals surface area contributed by atoms with Crippen molar-refractivity contribution < 1.29 is 0 Å². The van der Waals surface area contributed by atoms with Gasteiger partial charge in [0, 0.05) is 34.6 Å². The first-order valence-electron chi connectivity index (χ1n) is 13.5. The molecule has 0 aliphatic heterocycles. The second-order valence-corrected chi connectivity index (χ2v) is 11.0. The Labute approximate surface area is 252 Å². The number of fused-ring (bicyclic) bond motifs is 4. The smallest absolute Gasteiger partial charge is 0.263 e. The van der Waals surface area contributed by atoms with Crippen LogP contribution in [0.1, 0.15) is 12.8 Å². The van der Waals surface area contributed by atoms with E-state index in [2.05, 4.69) is 9.97 Å². The molecule has 0 aliphatic carbocycles. The quantitative estimate of drug-likeness (QED) is 0.201. The van der Waals surface area contributed by atoms with Crippen LogP contribution in [0.15, 0.2) is 55.6 Å². The van der Waals surface area contributed by atoms with E-state index in [1.807, 2.05) is 62.3 Å². The first kappa shape index (κ1) is 31.2. The molecule has 12 heteroatoms. The lowest BCUT2D eigenvalue weighted by Crippen LogP contribution is -2.36. The number of benzene rings is 3. The minimum atomic E-state index is -0.432. The number of hydrogen-bond acceptors (Lipinski definition) is 6. The van der Waals surface area contributed by atoms with E-state index >= 15 is 0 Å². The van der Waals surface area contributed by atoms with Crippen LogP contribution in [0, 0.1) is 0 Å². The predicted molar refractivity (Wildman–Crippen MR) is 176 cm³/mol. The van der Waals surface area contributed by atoms with E-state index in [1.54, 1.807) is 12.1 Å². The van der Waals surface area contributed by atoms with Gasteiger partial charge in [-0.3, -0.25) is 28.3 Å². The van der Waals surface area contributed by atoms with Crippen LogP contribution in [-0.4, -0.2) is 70.2 Å². The Morgan fingerprint density at radius 3 is 1.31 bits per heavy atom. The predicted octanol–water partition coefficient (Wildman–Crippen LogP) is 3.34. The Morgan fingerprint density at radius 1 is 0.571 bits per heavy atom. The Bertz CT molecular complexity index is 2020. The molecule has 0 saturated heterocycles. The third-order valence-corrected chi connectivity index (χ3v) is 7.74. The van der Waals surface area contributed by atoms with Gasteiger partial charge in [0.2, 0.25) is 0 Å². The van der Waals surface area contributed by atoms with Gasteiger partial charge in [0.1, 0.15) is 0 Å². The van der Waals surface area contributed by atoms with Crippen LogP contribution < -0.4 is 22.2 Å². The molecule has 10 nitrogen and oxygen atoms in total. The average Bonchev–Trinajstić information content (AvgIpc) is 2.92. The molecule has 0 radical (unpaired) electrons. The molecular weight excluding hydrogens is 579 g/mol. The van der Waals surface area contributed by atoms with Crippen molar-refractivity contribution in [1.29, 1.82) is 0 Å². The molecule has 0 fully saturated rings. The molecule has 3 aromatic carbocycles. The topological polar surface area (TPSA) is 116 Å². The van der Waals surface area contributed by atoms with Crippen LogP contribution in [-0.2, 0) is 13.1 Å². The van der Waals surface area contributed by atoms with Gasteiger partial charge >= 0.3 is 0 Å². The van der Waals surface area contributed by atoms with Crippen molar-refractivity contribution in [2.24, 2.45) is 0 Å². The van der Waals surface area contributed by atoms with Crippen molar-refractivity contribution in [3.63, 3.8) is 0 Å². The molecule has 6 aromatic rings. The maximum absolute atomic E-state index is 14.1. The van der Waals surface area contributed by atoms with Gasteiger partial charge in [0.15, 0.2) is 0 Å². The zero-order chi connectivity index (χ0) is 28.3. The molecule has 222 valence electrons. The number of pyridine rings is 2. The van der Waals surface area contributed by atoms with E-state index in [0.717, 1.165) is 24.1 Å². The Kier molecular flexibility index (Phi) is 8.84. The van der Waals surface area contributed by atoms with Crippen molar-refractivity contribution in [1.82, 2.24) is 28.9 Å². The van der Waals surface area contributed by atoms with Crippen molar-refractivity contribution in [3.8, 4) is 0 Å². The monoisotopic (exact) mass is 612 g/mol. The highest BCUT2D eigenvalue weighted by atomic mass is 35.5. The summed E-state index contributed by atoms with van der Waals surface area (Å²) in [5.41, 5.74) is 0.716. The molecule has 0 spiro atoms. The largest absolute Gasteiger partial charge is 0.351 e. The Morgan fingerprint density at radius 2 is 0.952 bits per heavy atom. The summed E-state index contributed by atoms with van der Waals surface area (Å²) in [7, 11) is 7.77. The molecule has 0 atom stereocenters. The number of nitrogens with zero attached hydrogens (tertiary/aromatic N) is 4. The molecule has 0 amide bonds. The number of aromatic nitrogens is 4. The molecule has 3 aromatic heterocycles. The van der Waals surface area contributed by atoms with E-state index in [0.29, 0.717) is 56.2 Å². The average molecular weight is 614 g/mol. The molecule has 3 heterocycles. The summed E-state index contributed by atoms with van der Waals surface area (Å²) in [4.78, 5) is 66.3. The summed E-state index contributed by atoms with van der Waals surface area (Å²) in [6.45, 7) is 1.96. The van der Waals surface area contributed by atoms with Gasteiger partial charge in [0.25, 0.3) is 22.2 Å². The number of hydrogen-bond donors (Lipinski definition) is 2. The summed E-state index contributed by atoms with van der Waals surface area (Å²) in [6.07, 6.45) is 1.24. The number of aromatic amines is 2. The van der Waals surface area contributed by atoms with Gasteiger partial charge in [-0.15, -0.1) is 24.8 Å². The fourth-order valence-electron chi connectivity index (χ4n) is 5.87. The van der Waals surface area contributed by atoms with Crippen molar-refractivity contribution in [3.05, 3.63) is 77.8 Å². The van der Waals surface area contributed by atoms with Gasteiger partial charge in [-0.25, -0.2) is 0 Å². The van der Waals surface area contributed by atoms with E-state index in [-0.39, 0.29) is 37.9 Å². The fraction of sp³-hybridized carbons (Fsp3) is 0.333. The van der Waals surface area contributed by atoms with Crippen LogP contribution in [0.5, 0.6) is 0 Å². The lowest BCUT2D eigenvalue weighted by atomic mass is 9.94. The van der Waals surface area contributed by atoms with E-state index in [4.69, 9.17) is 0 Å². The maximum atomic E-state index is 14.1. The number of para-hydroxylation sites is 2. The minimum Gasteiger partial charge on any atom is -0.351 e. The summed E-state index contributed by atoms with van der Waals surface area (Å²) in [5, 5.41) is 1.99. The summed E-state index contributed by atoms with van der Waals surface area (Å²) < 4.78 is 2.57. The summed E-state index contributed by atoms with van der Waals surface area (Å²) in [5.74, 6) is 0. The maximum Gasteiger partial charge on any atom is 0.263 e. The minimum absolute atomic E-state index is 0. The lowest BCUT2D eigenvalue weighted by molar-refractivity contribution is 0.384. The standard InChI is InChI=1S/C30H32N6O4.2ClH/c1-33(2)13-7-15-35-27(37)17-11-12-18-22-21(17)23(29(35)39)25-26(32-20-10-6-5-9-19(20)31-25)24(22)30(40)36(28(18)38)16-8-14-34(3)4;;/h5-6,9-12,31-32H,7-8,13-16H2,1-4H3;2*1H. The fourth-order valence-corrected chi connectivity index (χ4v) is 5.87. The van der Waals surface area contributed by atoms with Gasteiger partial charge in [-0.2, -0.15) is 0 Å². The highest BCUT2D eigenvalue weighted by Crippen LogP contribution is 2.35.